The predicted octanol–water partition coefficient (Wildman–Crippen LogP) is 1.10. The van der Waals surface area contributed by atoms with Gasteiger partial charge in [-0.25, -0.2) is 0 Å². The molecule has 0 heterocycles. The van der Waals surface area contributed by atoms with Crippen LogP contribution in [0.2, 0.25) is 0 Å². The van der Waals surface area contributed by atoms with E-state index in [0.717, 1.165) is 25.7 Å². The van der Waals surface area contributed by atoms with Crippen molar-refractivity contribution in [3.05, 3.63) is 0 Å². The van der Waals surface area contributed by atoms with Gasteiger partial charge in [-0.05, 0) is 26.2 Å². The van der Waals surface area contributed by atoms with Gasteiger partial charge >= 0.3 is 5.97 Å². The molecule has 15 heavy (non-hydrogen) atoms. The molecule has 1 unspecified atom stereocenters. The molecule has 0 saturated carbocycles. The van der Waals surface area contributed by atoms with Crippen molar-refractivity contribution in [3.63, 3.8) is 0 Å². The molecule has 1 atom stereocenters. The molecule has 0 spiro atoms. The highest BCUT2D eigenvalue weighted by atomic mass is 16.5. The minimum absolute atomic E-state index is 0.0173. The zero-order valence-corrected chi connectivity index (χ0v) is 9.45. The highest BCUT2D eigenvalue weighted by molar-refractivity contribution is 5.72. The second-order valence-electron chi connectivity index (χ2n) is 3.53. The number of hydrogen-bond acceptors (Lipinski definition) is 4. The van der Waals surface area contributed by atoms with Crippen molar-refractivity contribution in [1.29, 1.82) is 0 Å². The number of hydrogen-bond donors (Lipinski definition) is 2. The summed E-state index contributed by atoms with van der Waals surface area (Å²) in [5, 5.41) is 17.4. The Morgan fingerprint density at radius 1 is 1.13 bits per heavy atom. The Labute approximate surface area is 91.3 Å². The van der Waals surface area contributed by atoms with Crippen LogP contribution in [0.3, 0.4) is 0 Å². The van der Waals surface area contributed by atoms with Crippen LogP contribution in [0, 0.1) is 5.92 Å². The summed E-state index contributed by atoms with van der Waals surface area (Å²) >= 11 is 0. The molecule has 4 nitrogen and oxygen atoms in total. The third kappa shape index (κ3) is 7.33. The fourth-order valence-corrected chi connectivity index (χ4v) is 1.48. The van der Waals surface area contributed by atoms with Crippen LogP contribution in [0.4, 0.5) is 0 Å². The summed E-state index contributed by atoms with van der Waals surface area (Å²) in [7, 11) is 0. The molecule has 0 aromatic carbocycles. The molecule has 0 aromatic heterocycles. The summed E-state index contributed by atoms with van der Waals surface area (Å²) in [5.74, 6) is -0.399. The lowest BCUT2D eigenvalue weighted by atomic mass is 9.98. The smallest absolute Gasteiger partial charge is 0.309 e. The number of aliphatic hydroxyl groups excluding tert-OH is 2. The number of carbonyl (C=O) groups is 1. The Kier molecular flexibility index (Phi) is 9.52. The fraction of sp³-hybridized carbons (Fsp3) is 0.909. The van der Waals surface area contributed by atoms with E-state index in [1.165, 1.54) is 0 Å². The maximum absolute atomic E-state index is 11.4. The lowest BCUT2D eigenvalue weighted by molar-refractivity contribution is -0.148. The molecule has 0 rings (SSSR count). The minimum atomic E-state index is -0.212. The molecule has 0 aliphatic heterocycles. The summed E-state index contributed by atoms with van der Waals surface area (Å²) in [6.07, 6.45) is 3.79. The van der Waals surface area contributed by atoms with Gasteiger partial charge in [0.2, 0.25) is 0 Å². The molecule has 0 aromatic rings. The quantitative estimate of drug-likeness (QED) is 0.449. The van der Waals surface area contributed by atoms with Gasteiger partial charge in [-0.2, -0.15) is 0 Å². The topological polar surface area (TPSA) is 66.8 Å². The van der Waals surface area contributed by atoms with Crippen LogP contribution in [0.1, 0.15) is 39.0 Å². The van der Waals surface area contributed by atoms with Crippen molar-refractivity contribution in [1.82, 2.24) is 0 Å². The first kappa shape index (κ1) is 14.4. The molecule has 0 amide bonds. The summed E-state index contributed by atoms with van der Waals surface area (Å²) in [4.78, 5) is 11.4. The number of carbonyl (C=O) groups excluding carboxylic acids is 1. The Morgan fingerprint density at radius 2 is 1.87 bits per heavy atom. The van der Waals surface area contributed by atoms with E-state index in [4.69, 9.17) is 14.9 Å². The van der Waals surface area contributed by atoms with E-state index < -0.39 is 0 Å². The van der Waals surface area contributed by atoms with E-state index in [9.17, 15) is 4.79 Å². The highest BCUT2D eigenvalue weighted by Gasteiger charge is 2.18. The summed E-state index contributed by atoms with van der Waals surface area (Å²) in [6.45, 7) is 2.38. The number of unbranched alkanes of at least 4 members (excludes halogenated alkanes) is 2. The molecular weight excluding hydrogens is 196 g/mol. The van der Waals surface area contributed by atoms with Gasteiger partial charge in [-0.15, -0.1) is 0 Å². The van der Waals surface area contributed by atoms with Gasteiger partial charge in [-0.3, -0.25) is 4.79 Å². The van der Waals surface area contributed by atoms with Crippen LogP contribution in [0.15, 0.2) is 0 Å². The molecule has 90 valence electrons. The van der Waals surface area contributed by atoms with E-state index >= 15 is 0 Å². The summed E-state index contributed by atoms with van der Waals surface area (Å²) in [5.41, 5.74) is 0. The first-order chi connectivity index (χ1) is 7.26. The standard InChI is InChI=1S/C11H22O4/c1-2-15-11(14)10(7-9-13)6-4-3-5-8-12/h10,12-13H,2-9H2,1H3. The first-order valence-corrected chi connectivity index (χ1v) is 5.64. The van der Waals surface area contributed by atoms with Gasteiger partial charge in [0.05, 0.1) is 12.5 Å². The van der Waals surface area contributed by atoms with Crippen molar-refractivity contribution in [2.24, 2.45) is 5.92 Å². The number of aliphatic hydroxyl groups is 2. The van der Waals surface area contributed by atoms with Gasteiger partial charge in [0, 0.05) is 13.2 Å². The van der Waals surface area contributed by atoms with Gasteiger partial charge in [-0.1, -0.05) is 12.8 Å². The molecule has 4 heteroatoms. The van der Waals surface area contributed by atoms with Crippen molar-refractivity contribution in [2.45, 2.75) is 39.0 Å². The van der Waals surface area contributed by atoms with Crippen LogP contribution in [0.5, 0.6) is 0 Å². The lowest BCUT2D eigenvalue weighted by Crippen LogP contribution is -2.19. The van der Waals surface area contributed by atoms with E-state index in [1.54, 1.807) is 6.92 Å². The van der Waals surface area contributed by atoms with Gasteiger partial charge in [0.15, 0.2) is 0 Å². The monoisotopic (exact) mass is 218 g/mol. The molecule has 0 aliphatic rings. The highest BCUT2D eigenvalue weighted by Crippen LogP contribution is 2.15. The van der Waals surface area contributed by atoms with Crippen LogP contribution >= 0.6 is 0 Å². The Morgan fingerprint density at radius 3 is 2.40 bits per heavy atom. The average Bonchev–Trinajstić information content (AvgIpc) is 2.23. The van der Waals surface area contributed by atoms with Crippen LogP contribution in [0.25, 0.3) is 0 Å². The largest absolute Gasteiger partial charge is 0.466 e. The second kappa shape index (κ2) is 9.93. The van der Waals surface area contributed by atoms with Crippen LogP contribution in [-0.2, 0) is 9.53 Å². The molecule has 2 N–H and O–H groups in total. The molecule has 0 saturated heterocycles. The van der Waals surface area contributed by atoms with Gasteiger partial charge in [0.25, 0.3) is 0 Å². The van der Waals surface area contributed by atoms with Crippen LogP contribution in [-0.4, -0.2) is 36.0 Å². The van der Waals surface area contributed by atoms with Crippen molar-refractivity contribution >= 4 is 5.97 Å². The molecule has 0 bridgehead atoms. The Balaban J connectivity index is 3.76. The average molecular weight is 218 g/mol. The summed E-state index contributed by atoms with van der Waals surface area (Å²) < 4.78 is 4.91. The third-order valence-electron chi connectivity index (χ3n) is 2.31. The molecule has 0 radical (unpaired) electrons. The number of esters is 1. The molecule has 0 fully saturated rings. The lowest BCUT2D eigenvalue weighted by Gasteiger charge is -2.13. The van der Waals surface area contributed by atoms with Gasteiger partial charge in [0.1, 0.15) is 0 Å². The minimum Gasteiger partial charge on any atom is -0.466 e. The maximum atomic E-state index is 11.4. The zero-order valence-electron chi connectivity index (χ0n) is 9.45. The Hall–Kier alpha value is -0.610. The Bertz CT molecular complexity index is 159. The summed E-state index contributed by atoms with van der Waals surface area (Å²) in [6, 6.07) is 0. The van der Waals surface area contributed by atoms with Crippen molar-refractivity contribution in [3.8, 4) is 0 Å². The second-order valence-corrected chi connectivity index (χ2v) is 3.53. The van der Waals surface area contributed by atoms with E-state index in [-0.39, 0.29) is 25.1 Å². The molecule has 0 aliphatic carbocycles. The van der Waals surface area contributed by atoms with Gasteiger partial charge < -0.3 is 14.9 Å². The zero-order chi connectivity index (χ0) is 11.5. The number of rotatable bonds is 9. The van der Waals surface area contributed by atoms with Crippen LogP contribution < -0.4 is 0 Å². The van der Waals surface area contributed by atoms with E-state index in [0.29, 0.717) is 13.0 Å². The number of ether oxygens (including phenoxy) is 1. The van der Waals surface area contributed by atoms with E-state index in [1.807, 2.05) is 0 Å². The normalized spacial score (nSPS) is 12.5. The predicted molar refractivity (Wildman–Crippen MR) is 57.4 cm³/mol. The van der Waals surface area contributed by atoms with E-state index in [2.05, 4.69) is 0 Å². The maximum Gasteiger partial charge on any atom is 0.309 e. The SMILES string of the molecule is CCOC(=O)C(CCO)CCCCCO. The van der Waals surface area contributed by atoms with Crippen molar-refractivity contribution < 1.29 is 19.7 Å². The third-order valence-corrected chi connectivity index (χ3v) is 2.31. The van der Waals surface area contributed by atoms with Crippen molar-refractivity contribution in [2.75, 3.05) is 19.8 Å². The molecular formula is C11H22O4. The fourth-order valence-electron chi connectivity index (χ4n) is 1.48. The first-order valence-electron chi connectivity index (χ1n) is 5.64.